The van der Waals surface area contributed by atoms with Crippen LogP contribution in [0, 0.1) is 13.8 Å². The van der Waals surface area contributed by atoms with E-state index in [9.17, 15) is 9.59 Å². The third-order valence-electron chi connectivity index (χ3n) is 6.84. The highest BCUT2D eigenvalue weighted by Crippen LogP contribution is 2.45. The fraction of sp³-hybridized carbons (Fsp3) is 0.393. The van der Waals surface area contributed by atoms with Crippen molar-refractivity contribution in [2.45, 2.75) is 64.0 Å². The van der Waals surface area contributed by atoms with Gasteiger partial charge >= 0.3 is 0 Å². The average molecular weight is 553 g/mol. The lowest BCUT2D eigenvalue weighted by molar-refractivity contribution is 0.0822. The molecule has 1 saturated heterocycles. The molecular formula is C28H30BrN3O2S. The molecule has 1 aromatic heterocycles. The Kier molecular flexibility index (Phi) is 7.19. The molecule has 2 atom stereocenters. The second kappa shape index (κ2) is 10.3. The van der Waals surface area contributed by atoms with E-state index >= 15 is 0 Å². The quantitative estimate of drug-likeness (QED) is 0.343. The molecule has 2 aromatic carbocycles. The molecule has 35 heavy (non-hydrogen) atoms. The van der Waals surface area contributed by atoms with Crippen molar-refractivity contribution >= 4 is 39.0 Å². The molecule has 0 radical (unpaired) electrons. The molecule has 1 aliphatic heterocycles. The van der Waals surface area contributed by atoms with E-state index in [0.717, 1.165) is 69.7 Å². The number of hydrogen-bond acceptors (Lipinski definition) is 5. The molecular weight excluding hydrogens is 522 g/mol. The highest BCUT2D eigenvalue weighted by atomic mass is 79.9. The van der Waals surface area contributed by atoms with Crippen molar-refractivity contribution in [1.29, 1.82) is 0 Å². The van der Waals surface area contributed by atoms with Crippen molar-refractivity contribution in [2.24, 2.45) is 0 Å². The lowest BCUT2D eigenvalue weighted by Crippen LogP contribution is -2.55. The van der Waals surface area contributed by atoms with Crippen LogP contribution >= 0.6 is 27.3 Å². The number of amides is 1. The van der Waals surface area contributed by atoms with E-state index in [1.807, 2.05) is 31.2 Å². The molecule has 7 heteroatoms. The smallest absolute Gasteiger partial charge is 0.253 e. The second-order valence-electron chi connectivity index (χ2n) is 9.68. The Balaban J connectivity index is 1.52. The molecule has 5 nitrogen and oxygen atoms in total. The zero-order valence-corrected chi connectivity index (χ0v) is 22.5. The number of nitrogens with zero attached hydrogens (tertiary/aromatic N) is 1. The van der Waals surface area contributed by atoms with Gasteiger partial charge in [0.05, 0.1) is 15.4 Å². The summed E-state index contributed by atoms with van der Waals surface area (Å²) in [5.41, 5.74) is 4.16. The number of rotatable bonds is 7. The molecule has 3 aromatic rings. The molecule has 1 aliphatic carbocycles. The third-order valence-corrected chi connectivity index (χ3v) is 9.16. The summed E-state index contributed by atoms with van der Waals surface area (Å²) < 4.78 is 0.755. The van der Waals surface area contributed by atoms with E-state index in [0.29, 0.717) is 17.2 Å². The minimum Gasteiger partial charge on any atom is -0.340 e. The van der Waals surface area contributed by atoms with Crippen molar-refractivity contribution < 1.29 is 9.59 Å². The second-order valence-corrected chi connectivity index (χ2v) is 11.5. The Morgan fingerprint density at radius 3 is 2.63 bits per heavy atom. The van der Waals surface area contributed by atoms with Crippen LogP contribution < -0.4 is 10.6 Å². The van der Waals surface area contributed by atoms with Crippen LogP contribution in [0.5, 0.6) is 0 Å². The molecule has 0 spiro atoms. The Bertz CT molecular complexity index is 1260. The minimum absolute atomic E-state index is 0.110. The summed E-state index contributed by atoms with van der Waals surface area (Å²) in [6.07, 6.45) is 5.19. The number of piperidine rings is 1. The van der Waals surface area contributed by atoms with Gasteiger partial charge in [0.1, 0.15) is 11.7 Å². The first-order chi connectivity index (χ1) is 16.9. The van der Waals surface area contributed by atoms with Crippen LogP contribution in [0.4, 0.5) is 0 Å². The Morgan fingerprint density at radius 1 is 1.11 bits per heavy atom. The normalized spacial score (nSPS) is 18.8. The molecule has 2 heterocycles. The monoisotopic (exact) mass is 551 g/mol. The van der Waals surface area contributed by atoms with Gasteiger partial charge in [-0.15, -0.1) is 11.3 Å². The fourth-order valence-corrected chi connectivity index (χ4v) is 6.37. The predicted octanol–water partition coefficient (Wildman–Crippen LogP) is 6.19. The van der Waals surface area contributed by atoms with Crippen LogP contribution in [0.3, 0.4) is 0 Å². The van der Waals surface area contributed by atoms with Gasteiger partial charge in [-0.25, -0.2) is 4.98 Å². The van der Waals surface area contributed by atoms with Crippen molar-refractivity contribution in [1.82, 2.24) is 15.6 Å². The number of thiazole rings is 1. The predicted molar refractivity (Wildman–Crippen MR) is 144 cm³/mol. The topological polar surface area (TPSA) is 71.1 Å². The van der Waals surface area contributed by atoms with Gasteiger partial charge in [-0.2, -0.15) is 0 Å². The van der Waals surface area contributed by atoms with E-state index in [1.165, 1.54) is 0 Å². The molecule has 2 aliphatic rings. The first kappa shape index (κ1) is 24.3. The van der Waals surface area contributed by atoms with Crippen LogP contribution in [0.15, 0.2) is 46.9 Å². The summed E-state index contributed by atoms with van der Waals surface area (Å²) in [5.74, 6) is 0.0939. The van der Waals surface area contributed by atoms with Crippen LogP contribution in [-0.4, -0.2) is 35.3 Å². The van der Waals surface area contributed by atoms with Crippen molar-refractivity contribution in [3.63, 3.8) is 0 Å². The first-order valence-electron chi connectivity index (χ1n) is 12.3. The van der Waals surface area contributed by atoms with Crippen LogP contribution in [0.1, 0.15) is 75.0 Å². The standard InChI is InChI=1S/C28H30BrN3O2S/c1-16-7-5-9-19(15-16)26-24(32-28(35-26)18-12-13-18)25(33)23(21-11-3-4-14-30-21)31-27(34)20-10-6-8-17(2)22(20)29/h5-10,15,18,21,23,30H,3-4,11-14H2,1-2H3,(H,31,34). The maximum Gasteiger partial charge on any atom is 0.253 e. The van der Waals surface area contributed by atoms with Crippen LogP contribution in [0.25, 0.3) is 10.4 Å². The van der Waals surface area contributed by atoms with E-state index in [2.05, 4.69) is 45.6 Å². The molecule has 2 unspecified atom stereocenters. The lowest BCUT2D eigenvalue weighted by Gasteiger charge is -2.31. The maximum atomic E-state index is 14.2. The van der Waals surface area contributed by atoms with Gasteiger partial charge in [0.15, 0.2) is 0 Å². The van der Waals surface area contributed by atoms with Crippen LogP contribution in [-0.2, 0) is 0 Å². The van der Waals surface area contributed by atoms with Gasteiger partial charge in [0.25, 0.3) is 5.91 Å². The third kappa shape index (κ3) is 5.27. The number of aryl methyl sites for hydroxylation is 2. The Hall–Kier alpha value is -2.35. The summed E-state index contributed by atoms with van der Waals surface area (Å²) in [4.78, 5) is 33.4. The van der Waals surface area contributed by atoms with Gasteiger partial charge in [-0.05, 0) is 79.2 Å². The highest BCUT2D eigenvalue weighted by molar-refractivity contribution is 9.10. The molecule has 5 rings (SSSR count). The summed E-state index contributed by atoms with van der Waals surface area (Å²) in [7, 11) is 0. The number of carbonyl (C=O) groups excluding carboxylic acids is 2. The molecule has 2 N–H and O–H groups in total. The number of hydrogen-bond donors (Lipinski definition) is 2. The zero-order valence-electron chi connectivity index (χ0n) is 20.1. The van der Waals surface area contributed by atoms with Gasteiger partial charge in [-0.3, -0.25) is 9.59 Å². The van der Waals surface area contributed by atoms with Crippen molar-refractivity contribution in [3.05, 3.63) is 74.3 Å². The zero-order chi connectivity index (χ0) is 24.5. The number of carbonyl (C=O) groups is 2. The summed E-state index contributed by atoms with van der Waals surface area (Å²) in [5, 5.41) is 7.62. The van der Waals surface area contributed by atoms with E-state index in [1.54, 1.807) is 17.4 Å². The molecule has 1 saturated carbocycles. The van der Waals surface area contributed by atoms with E-state index < -0.39 is 6.04 Å². The average Bonchev–Trinajstić information content (AvgIpc) is 3.62. The Labute approximate surface area is 218 Å². The van der Waals surface area contributed by atoms with Gasteiger partial charge in [0, 0.05) is 16.4 Å². The van der Waals surface area contributed by atoms with Crippen molar-refractivity contribution in [3.8, 4) is 10.4 Å². The van der Waals surface area contributed by atoms with Gasteiger partial charge in [0.2, 0.25) is 5.78 Å². The van der Waals surface area contributed by atoms with Crippen molar-refractivity contribution in [2.75, 3.05) is 6.54 Å². The fourth-order valence-electron chi connectivity index (χ4n) is 4.69. The number of halogens is 1. The maximum absolute atomic E-state index is 14.2. The SMILES string of the molecule is Cc1cccc(-c2sc(C3CC3)nc2C(=O)C(NC(=O)c2cccc(C)c2Br)C2CCCCN2)c1. The summed E-state index contributed by atoms with van der Waals surface area (Å²) in [6, 6.07) is 13.0. The van der Waals surface area contributed by atoms with Gasteiger partial charge in [-0.1, -0.05) is 48.4 Å². The van der Waals surface area contributed by atoms with E-state index in [-0.39, 0.29) is 17.7 Å². The van der Waals surface area contributed by atoms with E-state index in [4.69, 9.17) is 4.98 Å². The number of Topliss-reactive ketones (excluding diaryl/α,β-unsaturated/α-hetero) is 1. The number of benzene rings is 2. The molecule has 182 valence electrons. The lowest BCUT2D eigenvalue weighted by atomic mass is 9.92. The van der Waals surface area contributed by atoms with Crippen LogP contribution in [0.2, 0.25) is 0 Å². The summed E-state index contributed by atoms with van der Waals surface area (Å²) in [6.45, 7) is 4.85. The molecule has 0 bridgehead atoms. The van der Waals surface area contributed by atoms with Gasteiger partial charge < -0.3 is 10.6 Å². The number of nitrogens with one attached hydrogen (secondary N) is 2. The largest absolute Gasteiger partial charge is 0.340 e. The molecule has 1 amide bonds. The summed E-state index contributed by atoms with van der Waals surface area (Å²) >= 11 is 5.18. The number of ketones is 1. The molecule has 2 fully saturated rings. The number of aromatic nitrogens is 1. The first-order valence-corrected chi connectivity index (χ1v) is 13.9. The Morgan fingerprint density at radius 2 is 1.91 bits per heavy atom. The highest BCUT2D eigenvalue weighted by Gasteiger charge is 2.37. The minimum atomic E-state index is -0.687.